The molecule has 0 bridgehead atoms. The van der Waals surface area contributed by atoms with Crippen LogP contribution in [-0.4, -0.2) is 68.9 Å². The highest BCUT2D eigenvalue weighted by molar-refractivity contribution is 6.09. The number of esters is 1. The second-order valence-corrected chi connectivity index (χ2v) is 7.21. The lowest BCUT2D eigenvalue weighted by Gasteiger charge is -2.38. The maximum atomic E-state index is 12.6. The number of hydrogen-bond acceptors (Lipinski definition) is 8. The van der Waals surface area contributed by atoms with Crippen molar-refractivity contribution in [2.75, 3.05) is 0 Å². The van der Waals surface area contributed by atoms with Crippen LogP contribution in [-0.2, 0) is 19.1 Å². The molecule has 6 atom stereocenters. The number of aliphatic carboxylic acids is 1. The Balaban J connectivity index is 1.74. The van der Waals surface area contributed by atoms with Gasteiger partial charge in [-0.15, -0.1) is 0 Å². The standard InChI is InChI=1S/C22H22O9/c1-11(13-8-5-9-14(10-13)15(23)12-6-3-2-4-7-12)21(29)31-22-18(26)16(24)17(25)19(30-22)20(27)28/h2-11,16-19,22,24-26H,1H3,(H,27,28)/t11?,16-,17-,18-,19-,22-/m0/s1. The number of ketones is 1. The summed E-state index contributed by atoms with van der Waals surface area (Å²) >= 11 is 0. The monoisotopic (exact) mass is 430 g/mol. The van der Waals surface area contributed by atoms with Gasteiger partial charge < -0.3 is 29.9 Å². The summed E-state index contributed by atoms with van der Waals surface area (Å²) in [5.41, 5.74) is 1.30. The van der Waals surface area contributed by atoms with Gasteiger partial charge in [-0.05, 0) is 18.6 Å². The molecule has 4 N–H and O–H groups in total. The van der Waals surface area contributed by atoms with E-state index in [2.05, 4.69) is 0 Å². The van der Waals surface area contributed by atoms with Crippen LogP contribution in [0.1, 0.15) is 34.3 Å². The van der Waals surface area contributed by atoms with Gasteiger partial charge in [0, 0.05) is 11.1 Å². The van der Waals surface area contributed by atoms with Crippen molar-refractivity contribution in [2.45, 2.75) is 43.5 Å². The molecule has 164 valence electrons. The van der Waals surface area contributed by atoms with Gasteiger partial charge in [0.05, 0.1) is 5.92 Å². The number of benzene rings is 2. The summed E-state index contributed by atoms with van der Waals surface area (Å²) in [6.45, 7) is 1.50. The Morgan fingerprint density at radius 1 is 0.903 bits per heavy atom. The third-order valence-corrected chi connectivity index (χ3v) is 5.08. The molecule has 1 aliphatic heterocycles. The Kier molecular flexibility index (Phi) is 6.81. The predicted octanol–water partition coefficient (Wildman–Crippen LogP) is 0.457. The molecule has 3 rings (SSSR count). The number of carbonyl (C=O) groups excluding carboxylic acids is 2. The van der Waals surface area contributed by atoms with Gasteiger partial charge in [-0.1, -0.05) is 48.5 Å². The largest absolute Gasteiger partial charge is 0.479 e. The Bertz CT molecular complexity index is 958. The van der Waals surface area contributed by atoms with Crippen molar-refractivity contribution in [1.82, 2.24) is 0 Å². The maximum absolute atomic E-state index is 12.6. The van der Waals surface area contributed by atoms with Gasteiger partial charge >= 0.3 is 11.9 Å². The van der Waals surface area contributed by atoms with Crippen LogP contribution < -0.4 is 0 Å². The van der Waals surface area contributed by atoms with E-state index < -0.39 is 48.6 Å². The SMILES string of the molecule is CC(C(=O)O[C@@H]1O[C@H](C(=O)O)[C@@H](O)[C@H](O)[C@@H]1O)c1cccc(C(=O)c2ccccc2)c1. The number of carboxylic acids is 1. The summed E-state index contributed by atoms with van der Waals surface area (Å²) in [7, 11) is 0. The van der Waals surface area contributed by atoms with Crippen molar-refractivity contribution in [3.8, 4) is 0 Å². The van der Waals surface area contributed by atoms with Crippen molar-refractivity contribution in [2.24, 2.45) is 0 Å². The first-order valence-electron chi connectivity index (χ1n) is 9.53. The van der Waals surface area contributed by atoms with Crippen LogP contribution in [0.4, 0.5) is 0 Å². The number of ether oxygens (including phenoxy) is 2. The Hall–Kier alpha value is -3.11. The number of aliphatic hydroxyl groups is 3. The number of aliphatic hydroxyl groups excluding tert-OH is 3. The molecule has 9 heteroatoms. The molecule has 2 aromatic rings. The minimum atomic E-state index is -1.89. The highest BCUT2D eigenvalue weighted by atomic mass is 16.7. The first-order chi connectivity index (χ1) is 14.7. The molecule has 0 radical (unpaired) electrons. The molecule has 31 heavy (non-hydrogen) atoms. The van der Waals surface area contributed by atoms with E-state index >= 15 is 0 Å². The average Bonchev–Trinajstić information content (AvgIpc) is 2.78. The molecule has 1 fully saturated rings. The normalized spacial score (nSPS) is 26.6. The number of rotatable bonds is 6. The molecule has 0 aliphatic carbocycles. The molecular weight excluding hydrogens is 408 g/mol. The van der Waals surface area contributed by atoms with Crippen LogP contribution in [0.2, 0.25) is 0 Å². The Labute approximate surface area is 177 Å². The molecule has 1 heterocycles. The highest BCUT2D eigenvalue weighted by Gasteiger charge is 2.48. The van der Waals surface area contributed by atoms with Gasteiger partial charge in [-0.2, -0.15) is 0 Å². The summed E-state index contributed by atoms with van der Waals surface area (Å²) in [6.07, 6.45) is -9.27. The molecule has 0 spiro atoms. The zero-order valence-corrected chi connectivity index (χ0v) is 16.5. The predicted molar refractivity (Wildman–Crippen MR) is 105 cm³/mol. The first kappa shape index (κ1) is 22.6. The fraction of sp³-hybridized carbons (Fsp3) is 0.318. The van der Waals surface area contributed by atoms with Crippen molar-refractivity contribution in [3.05, 3.63) is 71.3 Å². The quantitative estimate of drug-likeness (QED) is 0.378. The third kappa shape index (κ3) is 4.80. The molecule has 0 amide bonds. The van der Waals surface area contributed by atoms with Gasteiger partial charge in [0.15, 0.2) is 11.9 Å². The van der Waals surface area contributed by atoms with Crippen LogP contribution >= 0.6 is 0 Å². The average molecular weight is 430 g/mol. The van der Waals surface area contributed by atoms with Crippen molar-refractivity contribution < 1.29 is 44.3 Å². The highest BCUT2D eigenvalue weighted by Crippen LogP contribution is 2.26. The van der Waals surface area contributed by atoms with Gasteiger partial charge in [0.2, 0.25) is 6.29 Å². The van der Waals surface area contributed by atoms with E-state index in [4.69, 9.17) is 14.6 Å². The summed E-state index contributed by atoms with van der Waals surface area (Å²) in [5.74, 6) is -3.58. The molecule has 1 aliphatic rings. The smallest absolute Gasteiger partial charge is 0.335 e. The topological polar surface area (TPSA) is 151 Å². The summed E-state index contributed by atoms with van der Waals surface area (Å²) < 4.78 is 10.0. The van der Waals surface area contributed by atoms with E-state index in [1.54, 1.807) is 48.5 Å². The van der Waals surface area contributed by atoms with Gasteiger partial charge in [-0.3, -0.25) is 9.59 Å². The second kappa shape index (κ2) is 9.36. The molecule has 2 aromatic carbocycles. The lowest BCUT2D eigenvalue weighted by molar-refractivity contribution is -0.286. The van der Waals surface area contributed by atoms with Gasteiger partial charge in [-0.25, -0.2) is 4.79 Å². The van der Waals surface area contributed by atoms with Crippen LogP contribution in [0.3, 0.4) is 0 Å². The lowest BCUT2D eigenvalue weighted by atomic mass is 9.95. The lowest BCUT2D eigenvalue weighted by Crippen LogP contribution is -2.60. The van der Waals surface area contributed by atoms with E-state index in [0.29, 0.717) is 16.7 Å². The number of hydrogen-bond donors (Lipinski definition) is 4. The summed E-state index contributed by atoms with van der Waals surface area (Å²) in [4.78, 5) is 36.4. The third-order valence-electron chi connectivity index (χ3n) is 5.08. The Morgan fingerprint density at radius 3 is 2.19 bits per heavy atom. The first-order valence-corrected chi connectivity index (χ1v) is 9.53. The molecule has 1 unspecified atom stereocenters. The molecule has 9 nitrogen and oxygen atoms in total. The number of carboxylic acid groups (broad SMARTS) is 1. The van der Waals surface area contributed by atoms with E-state index in [-0.39, 0.29) is 5.78 Å². The van der Waals surface area contributed by atoms with Crippen molar-refractivity contribution in [3.63, 3.8) is 0 Å². The fourth-order valence-corrected chi connectivity index (χ4v) is 3.21. The van der Waals surface area contributed by atoms with Crippen molar-refractivity contribution >= 4 is 17.7 Å². The van der Waals surface area contributed by atoms with Crippen LogP contribution in [0.25, 0.3) is 0 Å². The molecular formula is C22H22O9. The maximum Gasteiger partial charge on any atom is 0.335 e. The van der Waals surface area contributed by atoms with E-state index in [1.165, 1.54) is 13.0 Å². The fourth-order valence-electron chi connectivity index (χ4n) is 3.21. The van der Waals surface area contributed by atoms with E-state index in [9.17, 15) is 29.7 Å². The van der Waals surface area contributed by atoms with Gasteiger partial charge in [0.1, 0.15) is 18.3 Å². The van der Waals surface area contributed by atoms with E-state index in [1.807, 2.05) is 0 Å². The molecule has 0 aromatic heterocycles. The van der Waals surface area contributed by atoms with Gasteiger partial charge in [0.25, 0.3) is 0 Å². The zero-order chi connectivity index (χ0) is 22.7. The molecule has 0 saturated carbocycles. The molecule has 1 saturated heterocycles. The van der Waals surface area contributed by atoms with E-state index in [0.717, 1.165) is 0 Å². The number of carbonyl (C=O) groups is 3. The van der Waals surface area contributed by atoms with Crippen LogP contribution in [0, 0.1) is 0 Å². The van der Waals surface area contributed by atoms with Crippen LogP contribution in [0.15, 0.2) is 54.6 Å². The summed E-state index contributed by atoms with van der Waals surface area (Å²) in [6, 6.07) is 15.0. The minimum absolute atomic E-state index is 0.226. The van der Waals surface area contributed by atoms with Crippen LogP contribution in [0.5, 0.6) is 0 Å². The minimum Gasteiger partial charge on any atom is -0.479 e. The van der Waals surface area contributed by atoms with Crippen molar-refractivity contribution in [1.29, 1.82) is 0 Å². The summed E-state index contributed by atoms with van der Waals surface area (Å²) in [5, 5.41) is 38.6. The zero-order valence-electron chi connectivity index (χ0n) is 16.5. The Morgan fingerprint density at radius 2 is 1.55 bits per heavy atom. The second-order valence-electron chi connectivity index (χ2n) is 7.21.